The van der Waals surface area contributed by atoms with Gasteiger partial charge in [-0.2, -0.15) is 0 Å². The molecule has 3 N–H and O–H groups in total. The van der Waals surface area contributed by atoms with Crippen molar-refractivity contribution in [3.63, 3.8) is 0 Å². The minimum Gasteiger partial charge on any atom is -0.353 e. The third-order valence-corrected chi connectivity index (χ3v) is 2.17. The normalized spacial score (nSPS) is 25.3. The van der Waals surface area contributed by atoms with Crippen LogP contribution in [-0.2, 0) is 9.59 Å². The van der Waals surface area contributed by atoms with Crippen molar-refractivity contribution in [2.75, 3.05) is 13.1 Å². The fourth-order valence-corrected chi connectivity index (χ4v) is 1.35. The second-order valence-corrected chi connectivity index (χ2v) is 3.29. The molecule has 74 valence electrons. The van der Waals surface area contributed by atoms with Gasteiger partial charge in [-0.05, 0) is 13.8 Å². The number of nitrogens with one attached hydrogen (secondary N) is 1. The predicted octanol–water partition coefficient (Wildman–Crippen LogP) is -1.32. The summed E-state index contributed by atoms with van der Waals surface area (Å²) in [4.78, 5) is 24.2. The maximum atomic E-state index is 11.5. The summed E-state index contributed by atoms with van der Waals surface area (Å²) in [5.41, 5.74) is 5.45. The molecule has 2 amide bonds. The van der Waals surface area contributed by atoms with Gasteiger partial charge in [-0.3, -0.25) is 9.59 Å². The molecule has 0 radical (unpaired) electrons. The smallest absolute Gasteiger partial charge is 0.242 e. The van der Waals surface area contributed by atoms with Crippen molar-refractivity contribution in [1.29, 1.82) is 0 Å². The van der Waals surface area contributed by atoms with Gasteiger partial charge in [-0.15, -0.1) is 0 Å². The van der Waals surface area contributed by atoms with Crippen LogP contribution in [0.5, 0.6) is 0 Å². The van der Waals surface area contributed by atoms with Crippen molar-refractivity contribution in [1.82, 2.24) is 10.2 Å². The Morgan fingerprint density at radius 3 is 2.92 bits per heavy atom. The first-order chi connectivity index (χ1) is 6.04. The molecular weight excluding hydrogens is 170 g/mol. The van der Waals surface area contributed by atoms with E-state index in [0.717, 1.165) is 0 Å². The second-order valence-electron chi connectivity index (χ2n) is 3.29. The van der Waals surface area contributed by atoms with E-state index < -0.39 is 12.1 Å². The highest BCUT2D eigenvalue weighted by atomic mass is 16.2. The lowest BCUT2D eigenvalue weighted by atomic mass is 10.1. The molecule has 0 spiro atoms. The number of rotatable bonds is 1. The van der Waals surface area contributed by atoms with E-state index in [0.29, 0.717) is 13.1 Å². The van der Waals surface area contributed by atoms with Gasteiger partial charge in [-0.25, -0.2) is 0 Å². The van der Waals surface area contributed by atoms with Gasteiger partial charge in [0.25, 0.3) is 0 Å². The van der Waals surface area contributed by atoms with Gasteiger partial charge >= 0.3 is 0 Å². The second kappa shape index (κ2) is 3.74. The molecule has 5 nitrogen and oxygen atoms in total. The van der Waals surface area contributed by atoms with Crippen LogP contribution in [0.1, 0.15) is 13.8 Å². The number of hydrogen-bond acceptors (Lipinski definition) is 3. The number of nitrogens with two attached hydrogens (primary N) is 1. The highest BCUT2D eigenvalue weighted by Crippen LogP contribution is 2.05. The lowest BCUT2D eigenvalue weighted by molar-refractivity contribution is -0.143. The quantitative estimate of drug-likeness (QED) is 0.532. The standard InChI is InChI=1S/C8H15N3O2/c1-5(9)8(13)11-4-3-10-7(12)6(11)2/h5-6H,3-4,9H2,1-2H3,(H,10,12)/t5-,6?/m0/s1. The van der Waals surface area contributed by atoms with Crippen LogP contribution in [-0.4, -0.2) is 41.9 Å². The fourth-order valence-electron chi connectivity index (χ4n) is 1.35. The van der Waals surface area contributed by atoms with Crippen LogP contribution in [0.25, 0.3) is 0 Å². The van der Waals surface area contributed by atoms with Crippen LogP contribution in [0.3, 0.4) is 0 Å². The molecule has 13 heavy (non-hydrogen) atoms. The number of piperazine rings is 1. The third-order valence-electron chi connectivity index (χ3n) is 2.17. The molecule has 1 fully saturated rings. The highest BCUT2D eigenvalue weighted by Gasteiger charge is 2.30. The van der Waals surface area contributed by atoms with E-state index in [-0.39, 0.29) is 11.8 Å². The zero-order valence-corrected chi connectivity index (χ0v) is 7.91. The monoisotopic (exact) mass is 185 g/mol. The van der Waals surface area contributed by atoms with Crippen molar-refractivity contribution in [3.05, 3.63) is 0 Å². The highest BCUT2D eigenvalue weighted by molar-refractivity contribution is 5.90. The Labute approximate surface area is 77.3 Å². The van der Waals surface area contributed by atoms with Crippen molar-refractivity contribution < 1.29 is 9.59 Å². The minimum absolute atomic E-state index is 0.111. The van der Waals surface area contributed by atoms with Crippen LogP contribution >= 0.6 is 0 Å². The van der Waals surface area contributed by atoms with Crippen molar-refractivity contribution in [2.45, 2.75) is 25.9 Å². The summed E-state index contributed by atoms with van der Waals surface area (Å²) in [6.45, 7) is 4.39. The Bertz CT molecular complexity index is 227. The Morgan fingerprint density at radius 1 is 1.77 bits per heavy atom. The number of hydrogen-bond donors (Lipinski definition) is 2. The fraction of sp³-hybridized carbons (Fsp3) is 0.750. The molecule has 0 aromatic heterocycles. The summed E-state index contributed by atoms with van der Waals surface area (Å²) >= 11 is 0. The Balaban J connectivity index is 2.68. The summed E-state index contributed by atoms with van der Waals surface area (Å²) in [6.07, 6.45) is 0. The van der Waals surface area contributed by atoms with Gasteiger partial charge in [0.05, 0.1) is 6.04 Å². The zero-order valence-electron chi connectivity index (χ0n) is 7.91. The van der Waals surface area contributed by atoms with Gasteiger partial charge < -0.3 is 16.0 Å². The molecule has 5 heteroatoms. The molecular formula is C8H15N3O2. The summed E-state index contributed by atoms with van der Waals surface area (Å²) in [5.74, 6) is -0.275. The molecule has 1 saturated heterocycles. The summed E-state index contributed by atoms with van der Waals surface area (Å²) in [6, 6.07) is -0.930. The SMILES string of the molecule is CC1C(=O)NCCN1C(=O)[C@H](C)N. The van der Waals surface area contributed by atoms with Crippen LogP contribution in [0.2, 0.25) is 0 Å². The summed E-state index contributed by atoms with van der Waals surface area (Å²) in [5, 5.41) is 2.68. The van der Waals surface area contributed by atoms with Gasteiger partial charge in [0.1, 0.15) is 6.04 Å². The van der Waals surface area contributed by atoms with Gasteiger partial charge in [0.2, 0.25) is 11.8 Å². The maximum Gasteiger partial charge on any atom is 0.242 e. The van der Waals surface area contributed by atoms with Crippen molar-refractivity contribution in [3.8, 4) is 0 Å². The van der Waals surface area contributed by atoms with E-state index in [2.05, 4.69) is 5.32 Å². The first kappa shape index (κ1) is 9.98. The van der Waals surface area contributed by atoms with E-state index >= 15 is 0 Å². The molecule has 0 aromatic rings. The number of carbonyl (C=O) groups is 2. The minimum atomic E-state index is -0.534. The molecule has 1 unspecified atom stereocenters. The largest absolute Gasteiger partial charge is 0.353 e. The van der Waals surface area contributed by atoms with E-state index in [1.54, 1.807) is 13.8 Å². The molecule has 1 aliphatic rings. The van der Waals surface area contributed by atoms with E-state index in [1.807, 2.05) is 0 Å². The average Bonchev–Trinajstić information content (AvgIpc) is 2.08. The van der Waals surface area contributed by atoms with Crippen LogP contribution < -0.4 is 11.1 Å². The molecule has 1 heterocycles. The van der Waals surface area contributed by atoms with E-state index in [1.165, 1.54) is 4.90 Å². The number of amides is 2. The van der Waals surface area contributed by atoms with Gasteiger partial charge in [0, 0.05) is 13.1 Å². The molecule has 1 rings (SSSR count). The van der Waals surface area contributed by atoms with Crippen molar-refractivity contribution in [2.24, 2.45) is 5.73 Å². The lowest BCUT2D eigenvalue weighted by Crippen LogP contribution is -2.58. The van der Waals surface area contributed by atoms with Gasteiger partial charge in [-0.1, -0.05) is 0 Å². The summed E-state index contributed by atoms with van der Waals surface area (Å²) < 4.78 is 0. The molecule has 0 aliphatic carbocycles. The van der Waals surface area contributed by atoms with Crippen molar-refractivity contribution >= 4 is 11.8 Å². The topological polar surface area (TPSA) is 75.4 Å². The Kier molecular flexibility index (Phi) is 2.87. The molecule has 0 bridgehead atoms. The molecule has 0 saturated carbocycles. The summed E-state index contributed by atoms with van der Waals surface area (Å²) in [7, 11) is 0. The van der Waals surface area contributed by atoms with E-state index in [4.69, 9.17) is 5.73 Å². The van der Waals surface area contributed by atoms with E-state index in [9.17, 15) is 9.59 Å². The first-order valence-electron chi connectivity index (χ1n) is 4.38. The number of carbonyl (C=O) groups excluding carboxylic acids is 2. The molecule has 0 aromatic carbocycles. The zero-order chi connectivity index (χ0) is 10.0. The Hall–Kier alpha value is -1.10. The third kappa shape index (κ3) is 1.98. The maximum absolute atomic E-state index is 11.5. The molecule has 1 aliphatic heterocycles. The predicted molar refractivity (Wildman–Crippen MR) is 47.8 cm³/mol. The molecule has 2 atom stereocenters. The first-order valence-corrected chi connectivity index (χ1v) is 4.38. The van der Waals surface area contributed by atoms with Crippen LogP contribution in [0.4, 0.5) is 0 Å². The average molecular weight is 185 g/mol. The number of nitrogens with zero attached hydrogens (tertiary/aromatic N) is 1. The van der Waals surface area contributed by atoms with Crippen LogP contribution in [0, 0.1) is 0 Å². The lowest BCUT2D eigenvalue weighted by Gasteiger charge is -2.33. The van der Waals surface area contributed by atoms with Crippen LogP contribution in [0.15, 0.2) is 0 Å². The van der Waals surface area contributed by atoms with Gasteiger partial charge in [0.15, 0.2) is 0 Å². The Morgan fingerprint density at radius 2 is 2.38 bits per heavy atom.